The van der Waals surface area contributed by atoms with Gasteiger partial charge in [-0.2, -0.15) is 5.10 Å². The standard InChI is InChI=1S/C21H20N6O2/c1-13-9-14(2)27(26-13)19-11-18(23-20(28)10-16-5-4-8-22-12-16)24-21(25-19)17-7-6-15(3)29-17/h4-9,11-12H,10H2,1-3H3,(H,23,24,25,28). The van der Waals surface area contributed by atoms with E-state index >= 15 is 0 Å². The smallest absolute Gasteiger partial charge is 0.230 e. The molecule has 0 saturated carbocycles. The van der Waals surface area contributed by atoms with Gasteiger partial charge >= 0.3 is 0 Å². The Morgan fingerprint density at radius 1 is 1.14 bits per heavy atom. The van der Waals surface area contributed by atoms with Crippen LogP contribution in [-0.2, 0) is 11.2 Å². The van der Waals surface area contributed by atoms with Crippen molar-refractivity contribution in [3.8, 4) is 17.4 Å². The number of rotatable bonds is 5. The number of nitrogens with zero attached hydrogens (tertiary/aromatic N) is 5. The Labute approximate surface area is 167 Å². The topological polar surface area (TPSA) is 98.7 Å². The number of aryl methyl sites for hydroxylation is 3. The van der Waals surface area contributed by atoms with Crippen LogP contribution in [0.5, 0.6) is 0 Å². The molecule has 0 atom stereocenters. The number of amides is 1. The molecule has 4 heterocycles. The predicted molar refractivity (Wildman–Crippen MR) is 108 cm³/mol. The number of hydrogen-bond acceptors (Lipinski definition) is 6. The Morgan fingerprint density at radius 2 is 2.00 bits per heavy atom. The Bertz CT molecular complexity index is 1160. The number of carbonyl (C=O) groups excluding carboxylic acids is 1. The SMILES string of the molecule is Cc1cc(C)n(-c2cc(NC(=O)Cc3cccnc3)nc(-c3ccc(C)o3)n2)n1. The second-order valence-electron chi connectivity index (χ2n) is 6.77. The molecule has 0 fully saturated rings. The number of pyridine rings is 1. The Hall–Kier alpha value is -3.81. The van der Waals surface area contributed by atoms with E-state index in [1.165, 1.54) is 0 Å². The van der Waals surface area contributed by atoms with Crippen molar-refractivity contribution < 1.29 is 9.21 Å². The van der Waals surface area contributed by atoms with Crippen LogP contribution in [0.2, 0.25) is 0 Å². The van der Waals surface area contributed by atoms with Crippen LogP contribution in [0.1, 0.15) is 22.7 Å². The van der Waals surface area contributed by atoms with E-state index in [9.17, 15) is 4.79 Å². The average molecular weight is 388 g/mol. The summed E-state index contributed by atoms with van der Waals surface area (Å²) in [7, 11) is 0. The van der Waals surface area contributed by atoms with Crippen molar-refractivity contribution >= 4 is 11.7 Å². The van der Waals surface area contributed by atoms with Crippen molar-refractivity contribution in [1.29, 1.82) is 0 Å². The molecule has 0 radical (unpaired) electrons. The number of hydrogen-bond donors (Lipinski definition) is 1. The lowest BCUT2D eigenvalue weighted by molar-refractivity contribution is -0.115. The first-order chi connectivity index (χ1) is 14.0. The van der Waals surface area contributed by atoms with Gasteiger partial charge in [0.25, 0.3) is 0 Å². The molecule has 0 aromatic carbocycles. The molecule has 0 saturated heterocycles. The van der Waals surface area contributed by atoms with Gasteiger partial charge < -0.3 is 9.73 Å². The van der Waals surface area contributed by atoms with Gasteiger partial charge in [-0.1, -0.05) is 6.07 Å². The van der Waals surface area contributed by atoms with E-state index in [0.717, 1.165) is 22.7 Å². The van der Waals surface area contributed by atoms with E-state index in [2.05, 4.69) is 25.4 Å². The minimum Gasteiger partial charge on any atom is -0.458 e. The fourth-order valence-corrected chi connectivity index (χ4v) is 3.01. The zero-order chi connectivity index (χ0) is 20.4. The molecule has 0 aliphatic rings. The lowest BCUT2D eigenvalue weighted by Gasteiger charge is -2.10. The average Bonchev–Trinajstić information content (AvgIpc) is 3.27. The van der Waals surface area contributed by atoms with Crippen LogP contribution >= 0.6 is 0 Å². The summed E-state index contributed by atoms with van der Waals surface area (Å²) in [6, 6.07) is 10.9. The maximum Gasteiger partial charge on any atom is 0.230 e. The number of nitrogens with one attached hydrogen (secondary N) is 1. The maximum absolute atomic E-state index is 12.5. The number of anilines is 1. The molecule has 4 aromatic heterocycles. The molecular formula is C21H20N6O2. The summed E-state index contributed by atoms with van der Waals surface area (Å²) in [5.74, 6) is 2.38. The summed E-state index contributed by atoms with van der Waals surface area (Å²) in [5.41, 5.74) is 2.62. The molecule has 0 bridgehead atoms. The Balaban J connectivity index is 1.69. The highest BCUT2D eigenvalue weighted by Gasteiger charge is 2.15. The van der Waals surface area contributed by atoms with E-state index in [1.54, 1.807) is 35.3 Å². The third-order valence-electron chi connectivity index (χ3n) is 4.25. The van der Waals surface area contributed by atoms with Crippen LogP contribution in [0.15, 0.2) is 53.2 Å². The molecule has 1 amide bonds. The fourth-order valence-electron chi connectivity index (χ4n) is 3.01. The van der Waals surface area contributed by atoms with Gasteiger partial charge in [0.2, 0.25) is 5.91 Å². The largest absolute Gasteiger partial charge is 0.458 e. The zero-order valence-electron chi connectivity index (χ0n) is 16.4. The van der Waals surface area contributed by atoms with E-state index in [1.807, 2.05) is 39.0 Å². The highest BCUT2D eigenvalue weighted by Crippen LogP contribution is 2.23. The van der Waals surface area contributed by atoms with Crippen LogP contribution in [0, 0.1) is 20.8 Å². The number of carbonyl (C=O) groups is 1. The maximum atomic E-state index is 12.5. The van der Waals surface area contributed by atoms with Crippen molar-refractivity contribution in [3.63, 3.8) is 0 Å². The summed E-state index contributed by atoms with van der Waals surface area (Å²) in [5, 5.41) is 7.33. The summed E-state index contributed by atoms with van der Waals surface area (Å²) in [6.07, 6.45) is 3.53. The second-order valence-corrected chi connectivity index (χ2v) is 6.77. The summed E-state index contributed by atoms with van der Waals surface area (Å²) in [6.45, 7) is 5.71. The predicted octanol–water partition coefficient (Wildman–Crippen LogP) is 3.42. The zero-order valence-corrected chi connectivity index (χ0v) is 16.4. The Kier molecular flexibility index (Phi) is 4.90. The van der Waals surface area contributed by atoms with E-state index in [4.69, 9.17) is 4.42 Å². The number of furan rings is 1. The van der Waals surface area contributed by atoms with Gasteiger partial charge in [0, 0.05) is 24.2 Å². The first-order valence-electron chi connectivity index (χ1n) is 9.16. The highest BCUT2D eigenvalue weighted by atomic mass is 16.3. The van der Waals surface area contributed by atoms with Gasteiger partial charge in [-0.3, -0.25) is 9.78 Å². The van der Waals surface area contributed by atoms with Gasteiger partial charge in [0.15, 0.2) is 17.4 Å². The monoisotopic (exact) mass is 388 g/mol. The van der Waals surface area contributed by atoms with Crippen LogP contribution in [0.3, 0.4) is 0 Å². The lowest BCUT2D eigenvalue weighted by Crippen LogP contribution is -2.16. The van der Waals surface area contributed by atoms with Crippen LogP contribution in [0.4, 0.5) is 5.82 Å². The Morgan fingerprint density at radius 3 is 2.66 bits per heavy atom. The molecule has 4 aromatic rings. The van der Waals surface area contributed by atoms with Gasteiger partial charge in [-0.05, 0) is 50.6 Å². The van der Waals surface area contributed by atoms with Gasteiger partial charge in [0.1, 0.15) is 11.6 Å². The van der Waals surface area contributed by atoms with E-state index < -0.39 is 0 Å². The van der Waals surface area contributed by atoms with Gasteiger partial charge in [0.05, 0.1) is 12.1 Å². The molecule has 8 nitrogen and oxygen atoms in total. The summed E-state index contributed by atoms with van der Waals surface area (Å²) >= 11 is 0. The number of aromatic nitrogens is 5. The third kappa shape index (κ3) is 4.21. The van der Waals surface area contributed by atoms with Gasteiger partial charge in [-0.25, -0.2) is 14.6 Å². The van der Waals surface area contributed by atoms with Gasteiger partial charge in [-0.15, -0.1) is 0 Å². The molecule has 0 spiro atoms. The van der Waals surface area contributed by atoms with Crippen molar-refractivity contribution in [3.05, 3.63) is 71.5 Å². The van der Waals surface area contributed by atoms with E-state index in [0.29, 0.717) is 23.2 Å². The molecule has 1 N–H and O–H groups in total. The molecule has 8 heteroatoms. The van der Waals surface area contributed by atoms with Crippen LogP contribution in [-0.4, -0.2) is 30.6 Å². The molecule has 146 valence electrons. The molecule has 29 heavy (non-hydrogen) atoms. The normalized spacial score (nSPS) is 10.9. The fraction of sp³-hybridized carbons (Fsp3) is 0.190. The summed E-state index contributed by atoms with van der Waals surface area (Å²) in [4.78, 5) is 25.6. The lowest BCUT2D eigenvalue weighted by atomic mass is 10.2. The van der Waals surface area contributed by atoms with Crippen molar-refractivity contribution in [2.24, 2.45) is 0 Å². The molecule has 4 rings (SSSR count). The van der Waals surface area contributed by atoms with Crippen molar-refractivity contribution in [1.82, 2.24) is 24.7 Å². The first-order valence-corrected chi connectivity index (χ1v) is 9.16. The van der Waals surface area contributed by atoms with Crippen LogP contribution < -0.4 is 5.32 Å². The minimum absolute atomic E-state index is 0.197. The first kappa shape index (κ1) is 18.5. The van der Waals surface area contributed by atoms with Crippen LogP contribution in [0.25, 0.3) is 17.4 Å². The second kappa shape index (κ2) is 7.67. The quantitative estimate of drug-likeness (QED) is 0.562. The summed E-state index contributed by atoms with van der Waals surface area (Å²) < 4.78 is 7.39. The molecular weight excluding hydrogens is 368 g/mol. The van der Waals surface area contributed by atoms with Crippen molar-refractivity contribution in [2.45, 2.75) is 27.2 Å². The van der Waals surface area contributed by atoms with E-state index in [-0.39, 0.29) is 12.3 Å². The molecule has 0 unspecified atom stereocenters. The molecule has 0 aliphatic heterocycles. The minimum atomic E-state index is -0.197. The third-order valence-corrected chi connectivity index (χ3v) is 4.25. The highest BCUT2D eigenvalue weighted by molar-refractivity contribution is 5.91. The molecule has 0 aliphatic carbocycles. The van der Waals surface area contributed by atoms with Crippen molar-refractivity contribution in [2.75, 3.05) is 5.32 Å².